The number of nitrogens with one attached hydrogen (secondary N) is 1. The van der Waals surface area contributed by atoms with Gasteiger partial charge in [0, 0.05) is 17.2 Å². The molecule has 0 fully saturated rings. The van der Waals surface area contributed by atoms with E-state index in [-0.39, 0.29) is 23.8 Å². The lowest BCUT2D eigenvalue weighted by Gasteiger charge is -2.07. The van der Waals surface area contributed by atoms with Crippen molar-refractivity contribution in [3.05, 3.63) is 60.2 Å². The maximum atomic E-state index is 11.7. The van der Waals surface area contributed by atoms with Crippen molar-refractivity contribution < 1.29 is 19.4 Å². The molecule has 0 aliphatic carbocycles. The van der Waals surface area contributed by atoms with Crippen molar-refractivity contribution in [3.8, 4) is 5.75 Å². The molecule has 23 heavy (non-hydrogen) atoms. The Hall–Kier alpha value is -2.47. The highest BCUT2D eigenvalue weighted by molar-refractivity contribution is 7.99. The number of ether oxygens (including phenoxy) is 1. The van der Waals surface area contributed by atoms with Crippen molar-refractivity contribution in [2.45, 2.75) is 4.90 Å². The van der Waals surface area contributed by atoms with Gasteiger partial charge >= 0.3 is 5.97 Å². The average molecular weight is 331 g/mol. The molecule has 0 heterocycles. The summed E-state index contributed by atoms with van der Waals surface area (Å²) in [6, 6.07) is 15.5. The first kappa shape index (κ1) is 16.9. The average Bonchev–Trinajstić information content (AvgIpc) is 2.58. The van der Waals surface area contributed by atoms with Crippen molar-refractivity contribution in [2.24, 2.45) is 0 Å². The molecule has 2 rings (SSSR count). The number of amides is 1. The number of esters is 1. The first-order chi connectivity index (χ1) is 11.1. The van der Waals surface area contributed by atoms with Crippen LogP contribution >= 0.6 is 11.8 Å². The summed E-state index contributed by atoms with van der Waals surface area (Å²) < 4.78 is 4.91. The molecule has 0 atom stereocenters. The molecule has 2 N–H and O–H groups in total. The van der Waals surface area contributed by atoms with Gasteiger partial charge in [-0.15, -0.1) is 11.8 Å². The number of carbonyl (C=O) groups excluding carboxylic acids is 2. The highest BCUT2D eigenvalue weighted by atomic mass is 32.2. The first-order valence-corrected chi connectivity index (χ1v) is 8.04. The van der Waals surface area contributed by atoms with E-state index >= 15 is 0 Å². The second-order valence-corrected chi connectivity index (χ2v) is 5.80. The molecule has 5 nitrogen and oxygen atoms in total. The third-order valence-electron chi connectivity index (χ3n) is 2.87. The highest BCUT2D eigenvalue weighted by Crippen LogP contribution is 2.15. The zero-order chi connectivity index (χ0) is 16.5. The van der Waals surface area contributed by atoms with E-state index in [1.54, 1.807) is 11.8 Å². The molecule has 0 saturated carbocycles. The van der Waals surface area contributed by atoms with E-state index in [1.165, 1.54) is 24.3 Å². The van der Waals surface area contributed by atoms with Crippen LogP contribution in [0.2, 0.25) is 0 Å². The van der Waals surface area contributed by atoms with Crippen LogP contribution in [0.1, 0.15) is 10.4 Å². The quantitative estimate of drug-likeness (QED) is 0.463. The molecular formula is C17H17NO4S. The van der Waals surface area contributed by atoms with Crippen LogP contribution in [0.25, 0.3) is 0 Å². The Morgan fingerprint density at radius 2 is 1.74 bits per heavy atom. The van der Waals surface area contributed by atoms with Crippen molar-refractivity contribution in [2.75, 3.05) is 18.9 Å². The Labute approximate surface area is 138 Å². The molecule has 0 bridgehead atoms. The number of rotatable bonds is 7. The molecule has 0 radical (unpaired) electrons. The molecule has 2 aromatic carbocycles. The van der Waals surface area contributed by atoms with E-state index in [0.717, 1.165) is 10.6 Å². The molecule has 1 amide bonds. The van der Waals surface area contributed by atoms with Gasteiger partial charge in [0.15, 0.2) is 6.61 Å². The highest BCUT2D eigenvalue weighted by Gasteiger charge is 2.09. The molecule has 6 heteroatoms. The van der Waals surface area contributed by atoms with E-state index in [0.29, 0.717) is 6.54 Å². The van der Waals surface area contributed by atoms with Crippen LogP contribution in [0.3, 0.4) is 0 Å². The second kappa shape index (κ2) is 8.85. The Balaban J connectivity index is 1.63. The van der Waals surface area contributed by atoms with E-state index in [1.807, 2.05) is 30.3 Å². The molecule has 2 aromatic rings. The Morgan fingerprint density at radius 1 is 1.04 bits per heavy atom. The number of hydrogen-bond donors (Lipinski definition) is 2. The Kier molecular flexibility index (Phi) is 6.50. The van der Waals surface area contributed by atoms with E-state index in [9.17, 15) is 9.59 Å². The topological polar surface area (TPSA) is 75.6 Å². The summed E-state index contributed by atoms with van der Waals surface area (Å²) in [7, 11) is 0. The minimum atomic E-state index is -0.598. The molecule has 0 unspecified atom stereocenters. The smallest absolute Gasteiger partial charge is 0.338 e. The lowest BCUT2D eigenvalue weighted by atomic mass is 10.2. The van der Waals surface area contributed by atoms with Gasteiger partial charge in [-0.3, -0.25) is 4.79 Å². The second-order valence-electron chi connectivity index (χ2n) is 4.63. The Bertz CT molecular complexity index is 643. The summed E-state index contributed by atoms with van der Waals surface area (Å²) in [5.74, 6) is -0.137. The predicted molar refractivity (Wildman–Crippen MR) is 88.6 cm³/mol. The fourth-order valence-corrected chi connectivity index (χ4v) is 2.53. The number of hydrogen-bond acceptors (Lipinski definition) is 5. The molecule has 0 aromatic heterocycles. The van der Waals surface area contributed by atoms with Gasteiger partial charge in [0.25, 0.3) is 5.91 Å². The minimum absolute atomic E-state index is 0.0650. The van der Waals surface area contributed by atoms with Gasteiger partial charge in [0.2, 0.25) is 0 Å². The number of phenols is 1. The van der Waals surface area contributed by atoms with Crippen molar-refractivity contribution in [1.82, 2.24) is 5.32 Å². The van der Waals surface area contributed by atoms with E-state index in [4.69, 9.17) is 9.84 Å². The summed E-state index contributed by atoms with van der Waals surface area (Å²) in [6.07, 6.45) is 0. The van der Waals surface area contributed by atoms with Crippen LogP contribution in [-0.2, 0) is 9.53 Å². The summed E-state index contributed by atoms with van der Waals surface area (Å²) in [5, 5.41) is 11.8. The number of phenolic OH excluding ortho intramolecular Hbond substituents is 1. The molecule has 0 saturated heterocycles. The molecule has 0 aliphatic heterocycles. The van der Waals surface area contributed by atoms with Crippen molar-refractivity contribution in [1.29, 1.82) is 0 Å². The summed E-state index contributed by atoms with van der Waals surface area (Å²) >= 11 is 1.64. The predicted octanol–water partition coefficient (Wildman–Crippen LogP) is 2.46. The van der Waals surface area contributed by atoms with Gasteiger partial charge < -0.3 is 15.2 Å². The summed E-state index contributed by atoms with van der Waals surface area (Å²) in [6.45, 7) is 0.171. The third kappa shape index (κ3) is 6.04. The summed E-state index contributed by atoms with van der Waals surface area (Å²) in [4.78, 5) is 24.4. The zero-order valence-corrected chi connectivity index (χ0v) is 13.2. The number of benzene rings is 2. The number of thioether (sulfide) groups is 1. The van der Waals surface area contributed by atoms with Crippen LogP contribution in [0.15, 0.2) is 59.5 Å². The monoisotopic (exact) mass is 331 g/mol. The standard InChI is InChI=1S/C17H17NO4S/c19-14-8-6-13(7-9-14)17(21)22-12-16(20)18-10-11-23-15-4-2-1-3-5-15/h1-9,19H,10-12H2,(H,18,20). The minimum Gasteiger partial charge on any atom is -0.508 e. The van der Waals surface area contributed by atoms with Crippen LogP contribution in [-0.4, -0.2) is 35.9 Å². The number of aromatic hydroxyl groups is 1. The largest absolute Gasteiger partial charge is 0.508 e. The maximum Gasteiger partial charge on any atom is 0.338 e. The normalized spacial score (nSPS) is 10.1. The van der Waals surface area contributed by atoms with Crippen LogP contribution in [0.4, 0.5) is 0 Å². The van der Waals surface area contributed by atoms with Gasteiger partial charge in [-0.25, -0.2) is 4.79 Å². The fourth-order valence-electron chi connectivity index (χ4n) is 1.74. The first-order valence-electron chi connectivity index (χ1n) is 7.06. The SMILES string of the molecule is O=C(COC(=O)c1ccc(O)cc1)NCCSc1ccccc1. The molecular weight excluding hydrogens is 314 g/mol. The van der Waals surface area contributed by atoms with E-state index < -0.39 is 5.97 Å². The fraction of sp³-hybridized carbons (Fsp3) is 0.176. The van der Waals surface area contributed by atoms with Crippen LogP contribution in [0, 0.1) is 0 Å². The van der Waals surface area contributed by atoms with E-state index in [2.05, 4.69) is 5.32 Å². The lowest BCUT2D eigenvalue weighted by molar-refractivity contribution is -0.124. The maximum absolute atomic E-state index is 11.7. The third-order valence-corrected chi connectivity index (χ3v) is 3.89. The Morgan fingerprint density at radius 3 is 2.43 bits per heavy atom. The van der Waals surface area contributed by atoms with Gasteiger partial charge in [0.05, 0.1) is 5.56 Å². The molecule has 0 spiro atoms. The lowest BCUT2D eigenvalue weighted by Crippen LogP contribution is -2.30. The molecule has 0 aliphatic rings. The number of carbonyl (C=O) groups is 2. The van der Waals surface area contributed by atoms with Gasteiger partial charge in [-0.1, -0.05) is 18.2 Å². The summed E-state index contributed by atoms with van der Waals surface area (Å²) in [5.41, 5.74) is 0.287. The van der Waals surface area contributed by atoms with Crippen LogP contribution in [0.5, 0.6) is 5.75 Å². The van der Waals surface area contributed by atoms with Gasteiger partial charge in [-0.05, 0) is 36.4 Å². The van der Waals surface area contributed by atoms with Crippen molar-refractivity contribution >= 4 is 23.6 Å². The van der Waals surface area contributed by atoms with Gasteiger partial charge in [0.1, 0.15) is 5.75 Å². The van der Waals surface area contributed by atoms with Crippen molar-refractivity contribution in [3.63, 3.8) is 0 Å². The zero-order valence-electron chi connectivity index (χ0n) is 12.4. The molecule has 120 valence electrons. The van der Waals surface area contributed by atoms with Gasteiger partial charge in [-0.2, -0.15) is 0 Å². The van der Waals surface area contributed by atoms with Crippen LogP contribution < -0.4 is 5.32 Å².